The molecule has 0 saturated carbocycles. The van der Waals surface area contributed by atoms with E-state index in [9.17, 15) is 0 Å². The van der Waals surface area contributed by atoms with Crippen LogP contribution in [0, 0.1) is 0 Å². The van der Waals surface area contributed by atoms with Crippen LogP contribution in [0.2, 0.25) is 0 Å². The summed E-state index contributed by atoms with van der Waals surface area (Å²) in [5.41, 5.74) is 0. The van der Waals surface area contributed by atoms with Gasteiger partial charge in [0.15, 0.2) is 0 Å². The number of aromatic nitrogens is 3. The van der Waals surface area contributed by atoms with Crippen LogP contribution >= 0.6 is 11.8 Å². The maximum atomic E-state index is 4.70. The van der Waals surface area contributed by atoms with E-state index < -0.39 is 0 Å². The lowest BCUT2D eigenvalue weighted by molar-refractivity contribution is 0.697. The zero-order valence-electron chi connectivity index (χ0n) is 13.1. The minimum atomic E-state index is 0.317. The Kier molecular flexibility index (Phi) is 5.07. The minimum absolute atomic E-state index is 0.317. The smallest absolute Gasteiger partial charge is 0.230 e. The number of rotatable bonds is 5. The molecule has 0 spiro atoms. The zero-order valence-corrected chi connectivity index (χ0v) is 13.9. The molecule has 0 aliphatic carbocycles. The van der Waals surface area contributed by atoms with Crippen LogP contribution in [0.1, 0.15) is 38.4 Å². The van der Waals surface area contributed by atoms with Crippen molar-refractivity contribution in [1.29, 1.82) is 0 Å². The van der Waals surface area contributed by atoms with E-state index in [1.807, 2.05) is 30.8 Å². The molecule has 0 N–H and O–H groups in total. The predicted molar refractivity (Wildman–Crippen MR) is 87.0 cm³/mol. The summed E-state index contributed by atoms with van der Waals surface area (Å²) in [6.07, 6.45) is 4.63. The molecular weight excluding hydrogens is 270 g/mol. The largest absolute Gasteiger partial charge is 0.347 e. The lowest BCUT2D eigenvalue weighted by Crippen LogP contribution is -2.33. The van der Waals surface area contributed by atoms with Crippen molar-refractivity contribution in [1.82, 2.24) is 15.0 Å². The lowest BCUT2D eigenvalue weighted by atomic mass is 10.2. The van der Waals surface area contributed by atoms with Crippen molar-refractivity contribution >= 4 is 23.7 Å². The lowest BCUT2D eigenvalue weighted by Gasteiger charge is -2.25. The van der Waals surface area contributed by atoms with E-state index in [4.69, 9.17) is 4.98 Å². The van der Waals surface area contributed by atoms with Crippen LogP contribution in [0.15, 0.2) is 0 Å². The van der Waals surface area contributed by atoms with Gasteiger partial charge in [-0.15, -0.1) is 0 Å². The van der Waals surface area contributed by atoms with Gasteiger partial charge in [-0.1, -0.05) is 13.8 Å². The second-order valence-corrected chi connectivity index (χ2v) is 6.70. The second-order valence-electron chi connectivity index (χ2n) is 5.79. The van der Waals surface area contributed by atoms with Crippen LogP contribution < -0.4 is 9.80 Å². The van der Waals surface area contributed by atoms with Crippen molar-refractivity contribution in [2.75, 3.05) is 42.4 Å². The number of thioether (sulfide) groups is 1. The van der Waals surface area contributed by atoms with Gasteiger partial charge >= 0.3 is 0 Å². The molecule has 2 heterocycles. The first kappa shape index (κ1) is 15.4. The second kappa shape index (κ2) is 6.61. The van der Waals surface area contributed by atoms with Gasteiger partial charge in [0.25, 0.3) is 0 Å². The first-order valence-electron chi connectivity index (χ1n) is 7.21. The molecule has 1 unspecified atom stereocenters. The summed E-state index contributed by atoms with van der Waals surface area (Å²) in [7, 11) is 3.96. The molecule has 1 fully saturated rings. The van der Waals surface area contributed by atoms with E-state index >= 15 is 0 Å². The molecule has 1 aliphatic rings. The molecule has 1 aromatic heterocycles. The SMILES string of the molecule is CSCC1CCCN1c1nc(C(C)C)nc(N(C)C)n1. The first-order valence-corrected chi connectivity index (χ1v) is 8.61. The average molecular weight is 295 g/mol. The van der Waals surface area contributed by atoms with E-state index in [1.54, 1.807) is 0 Å². The summed E-state index contributed by atoms with van der Waals surface area (Å²) in [5, 5.41) is 0. The number of hydrogen-bond acceptors (Lipinski definition) is 6. The number of nitrogens with zero attached hydrogens (tertiary/aromatic N) is 5. The van der Waals surface area contributed by atoms with E-state index in [1.165, 1.54) is 12.8 Å². The quantitative estimate of drug-likeness (QED) is 0.831. The molecule has 1 aliphatic heterocycles. The molecule has 112 valence electrons. The standard InChI is InChI=1S/C14H25N5S/c1-10(2)12-15-13(18(3)4)17-14(16-12)19-8-6-7-11(19)9-20-5/h10-11H,6-9H2,1-5H3. The number of anilines is 2. The summed E-state index contributed by atoms with van der Waals surface area (Å²) in [6.45, 7) is 5.31. The van der Waals surface area contributed by atoms with Gasteiger partial charge in [0, 0.05) is 38.4 Å². The molecule has 6 heteroatoms. The number of hydrogen-bond donors (Lipinski definition) is 0. The zero-order chi connectivity index (χ0) is 14.7. The third-order valence-electron chi connectivity index (χ3n) is 3.54. The van der Waals surface area contributed by atoms with Crippen LogP contribution in [-0.2, 0) is 0 Å². The molecule has 0 amide bonds. The fourth-order valence-electron chi connectivity index (χ4n) is 2.42. The van der Waals surface area contributed by atoms with Crippen LogP contribution in [0.3, 0.4) is 0 Å². The Morgan fingerprint density at radius 3 is 2.65 bits per heavy atom. The highest BCUT2D eigenvalue weighted by molar-refractivity contribution is 7.98. The van der Waals surface area contributed by atoms with Crippen LogP contribution in [0.5, 0.6) is 0 Å². The molecular formula is C14H25N5S. The van der Waals surface area contributed by atoms with Crippen molar-refractivity contribution in [3.8, 4) is 0 Å². The van der Waals surface area contributed by atoms with Crippen molar-refractivity contribution in [2.45, 2.75) is 38.6 Å². The van der Waals surface area contributed by atoms with Gasteiger partial charge in [0.1, 0.15) is 5.82 Å². The Labute approximate surface area is 126 Å². The van der Waals surface area contributed by atoms with E-state index in [0.717, 1.165) is 30.0 Å². The summed E-state index contributed by atoms with van der Waals surface area (Å²) in [4.78, 5) is 18.2. The summed E-state index contributed by atoms with van der Waals surface area (Å²) in [5.74, 6) is 3.95. The Morgan fingerprint density at radius 1 is 1.30 bits per heavy atom. The van der Waals surface area contributed by atoms with E-state index in [0.29, 0.717) is 12.0 Å². The van der Waals surface area contributed by atoms with Crippen LogP contribution in [0.25, 0.3) is 0 Å². The summed E-state index contributed by atoms with van der Waals surface area (Å²) < 4.78 is 0. The Morgan fingerprint density at radius 2 is 2.05 bits per heavy atom. The minimum Gasteiger partial charge on any atom is -0.347 e. The highest BCUT2D eigenvalue weighted by Gasteiger charge is 2.27. The van der Waals surface area contributed by atoms with Gasteiger partial charge < -0.3 is 9.80 Å². The molecule has 1 saturated heterocycles. The molecule has 0 bridgehead atoms. The van der Waals surface area contributed by atoms with Gasteiger partial charge in [0.2, 0.25) is 11.9 Å². The van der Waals surface area contributed by atoms with E-state index in [2.05, 4.69) is 35.0 Å². The van der Waals surface area contributed by atoms with Gasteiger partial charge in [-0.25, -0.2) is 0 Å². The third-order valence-corrected chi connectivity index (χ3v) is 4.26. The fraction of sp³-hybridized carbons (Fsp3) is 0.786. The van der Waals surface area contributed by atoms with Crippen molar-refractivity contribution in [3.63, 3.8) is 0 Å². The van der Waals surface area contributed by atoms with Gasteiger partial charge in [-0.3, -0.25) is 0 Å². The van der Waals surface area contributed by atoms with Gasteiger partial charge in [-0.2, -0.15) is 26.7 Å². The van der Waals surface area contributed by atoms with Crippen molar-refractivity contribution in [3.05, 3.63) is 5.82 Å². The predicted octanol–water partition coefficient (Wildman–Crippen LogP) is 2.39. The monoisotopic (exact) mass is 295 g/mol. The van der Waals surface area contributed by atoms with Crippen LogP contribution in [0.4, 0.5) is 11.9 Å². The maximum absolute atomic E-state index is 4.70. The highest BCUT2D eigenvalue weighted by atomic mass is 32.2. The maximum Gasteiger partial charge on any atom is 0.230 e. The molecule has 0 aromatic carbocycles. The van der Waals surface area contributed by atoms with Gasteiger partial charge in [-0.05, 0) is 19.1 Å². The summed E-state index contributed by atoms with van der Waals surface area (Å²) >= 11 is 1.90. The van der Waals surface area contributed by atoms with E-state index in [-0.39, 0.29) is 0 Å². The van der Waals surface area contributed by atoms with Crippen molar-refractivity contribution in [2.24, 2.45) is 0 Å². The molecule has 1 atom stereocenters. The first-order chi connectivity index (χ1) is 9.52. The average Bonchev–Trinajstić information content (AvgIpc) is 2.86. The Hall–Kier alpha value is -1.04. The molecule has 1 aromatic rings. The molecule has 0 radical (unpaired) electrons. The van der Waals surface area contributed by atoms with Gasteiger partial charge in [0.05, 0.1) is 0 Å². The molecule has 2 rings (SSSR count). The third kappa shape index (κ3) is 3.34. The highest BCUT2D eigenvalue weighted by Crippen LogP contribution is 2.26. The molecule has 20 heavy (non-hydrogen) atoms. The van der Waals surface area contributed by atoms with Crippen LogP contribution in [-0.4, -0.2) is 53.6 Å². The fourth-order valence-corrected chi connectivity index (χ4v) is 3.15. The Balaban J connectivity index is 2.34. The Bertz CT molecular complexity index is 423. The van der Waals surface area contributed by atoms with Crippen molar-refractivity contribution < 1.29 is 0 Å². The normalized spacial score (nSPS) is 18.9. The topological polar surface area (TPSA) is 45.2 Å². The summed E-state index contributed by atoms with van der Waals surface area (Å²) in [6, 6.07) is 0.558. The molecule has 5 nitrogen and oxygen atoms in total.